The molecule has 4 rings (SSSR count). The van der Waals surface area contributed by atoms with Crippen LogP contribution < -0.4 is 5.32 Å². The Hall–Kier alpha value is -2.69. The zero-order chi connectivity index (χ0) is 23.3. The van der Waals surface area contributed by atoms with Gasteiger partial charge in [-0.3, -0.25) is 14.6 Å². The van der Waals surface area contributed by atoms with Gasteiger partial charge >= 0.3 is 0 Å². The summed E-state index contributed by atoms with van der Waals surface area (Å²) in [7, 11) is 0. The Morgan fingerprint density at radius 3 is 2.21 bits per heavy atom. The quantitative estimate of drug-likeness (QED) is 0.649. The molecule has 1 saturated carbocycles. The fourth-order valence-corrected chi connectivity index (χ4v) is 5.42. The Morgan fingerprint density at radius 2 is 1.61 bits per heavy atom. The number of hydrogen-bond donors (Lipinski definition) is 1. The number of rotatable bonds is 7. The van der Waals surface area contributed by atoms with Crippen LogP contribution in [0.4, 0.5) is 0 Å². The van der Waals surface area contributed by atoms with Crippen molar-refractivity contribution in [2.24, 2.45) is 11.3 Å². The van der Waals surface area contributed by atoms with E-state index in [9.17, 15) is 9.59 Å². The molecule has 1 aromatic carbocycles. The van der Waals surface area contributed by atoms with Crippen molar-refractivity contribution in [1.29, 1.82) is 0 Å². The lowest BCUT2D eigenvalue weighted by atomic mass is 9.72. The van der Waals surface area contributed by atoms with E-state index in [1.54, 1.807) is 12.4 Å². The highest BCUT2D eigenvalue weighted by Gasteiger charge is 2.42. The minimum absolute atomic E-state index is 0.102. The Balaban J connectivity index is 1.45. The molecule has 1 aliphatic heterocycles. The van der Waals surface area contributed by atoms with Crippen LogP contribution in [-0.2, 0) is 16.0 Å². The number of carbonyl (C=O) groups is 2. The predicted molar refractivity (Wildman–Crippen MR) is 131 cm³/mol. The fourth-order valence-electron chi connectivity index (χ4n) is 5.42. The van der Waals surface area contributed by atoms with Gasteiger partial charge in [0.15, 0.2) is 0 Å². The Morgan fingerprint density at radius 1 is 1.00 bits per heavy atom. The fraction of sp³-hybridized carbons (Fsp3) is 0.536. The molecule has 1 N–H and O–H groups in total. The van der Waals surface area contributed by atoms with Crippen LogP contribution in [-0.4, -0.2) is 40.8 Å². The maximum absolute atomic E-state index is 13.4. The number of benzene rings is 1. The average molecular weight is 448 g/mol. The second-order valence-electron chi connectivity index (χ2n) is 10.3. The standard InChI is InChI=1S/C28H37N3O2/c1-21(2)30-27(33)28(13-17-31(18-14-28)26(32)19-22-5-3-4-6-22)20-23-7-9-24(10-8-23)25-11-15-29-16-12-25/h7-12,15-16,21-22H,3-6,13-14,17-20H2,1-2H3,(H,30,33). The Labute approximate surface area is 198 Å². The highest BCUT2D eigenvalue weighted by molar-refractivity contribution is 5.84. The van der Waals surface area contributed by atoms with Crippen molar-refractivity contribution in [2.45, 2.75) is 71.3 Å². The average Bonchev–Trinajstić information content (AvgIpc) is 3.33. The number of aromatic nitrogens is 1. The molecule has 2 amide bonds. The van der Waals surface area contributed by atoms with Crippen molar-refractivity contribution in [3.8, 4) is 11.1 Å². The number of carbonyl (C=O) groups excluding carboxylic acids is 2. The summed E-state index contributed by atoms with van der Waals surface area (Å²) in [5.74, 6) is 0.965. The highest BCUT2D eigenvalue weighted by atomic mass is 16.2. The van der Waals surface area contributed by atoms with Crippen molar-refractivity contribution < 1.29 is 9.59 Å². The molecule has 176 valence electrons. The number of piperidine rings is 1. The van der Waals surface area contributed by atoms with Crippen molar-refractivity contribution in [3.05, 3.63) is 54.4 Å². The maximum Gasteiger partial charge on any atom is 0.226 e. The van der Waals surface area contributed by atoms with Crippen LogP contribution >= 0.6 is 0 Å². The molecule has 5 nitrogen and oxygen atoms in total. The van der Waals surface area contributed by atoms with E-state index >= 15 is 0 Å². The molecule has 2 aliphatic rings. The third-order valence-electron chi connectivity index (χ3n) is 7.42. The van der Waals surface area contributed by atoms with Crippen LogP contribution in [0.1, 0.15) is 64.4 Å². The molecule has 0 unspecified atom stereocenters. The molecule has 2 aromatic rings. The van der Waals surface area contributed by atoms with Gasteiger partial charge in [-0.2, -0.15) is 0 Å². The van der Waals surface area contributed by atoms with Crippen LogP contribution in [0.3, 0.4) is 0 Å². The summed E-state index contributed by atoms with van der Waals surface area (Å²) in [6, 6.07) is 12.6. The van der Waals surface area contributed by atoms with Gasteiger partial charge in [-0.25, -0.2) is 0 Å². The van der Waals surface area contributed by atoms with Gasteiger partial charge in [-0.15, -0.1) is 0 Å². The molecular weight excluding hydrogens is 410 g/mol. The van der Waals surface area contributed by atoms with E-state index in [0.717, 1.165) is 16.7 Å². The summed E-state index contributed by atoms with van der Waals surface area (Å²) >= 11 is 0. The van der Waals surface area contributed by atoms with Crippen molar-refractivity contribution in [2.75, 3.05) is 13.1 Å². The minimum Gasteiger partial charge on any atom is -0.353 e. The molecule has 33 heavy (non-hydrogen) atoms. The van der Waals surface area contributed by atoms with E-state index in [0.29, 0.717) is 44.7 Å². The maximum atomic E-state index is 13.4. The first kappa shape index (κ1) is 23.5. The number of amides is 2. The smallest absolute Gasteiger partial charge is 0.226 e. The molecule has 2 heterocycles. The molecule has 1 aromatic heterocycles. The van der Waals surface area contributed by atoms with Crippen molar-refractivity contribution in [1.82, 2.24) is 15.2 Å². The largest absolute Gasteiger partial charge is 0.353 e. The zero-order valence-corrected chi connectivity index (χ0v) is 20.1. The third-order valence-corrected chi connectivity index (χ3v) is 7.42. The number of hydrogen-bond acceptors (Lipinski definition) is 3. The first-order valence-electron chi connectivity index (χ1n) is 12.5. The van der Waals surface area contributed by atoms with Crippen LogP contribution in [0.25, 0.3) is 11.1 Å². The molecule has 2 fully saturated rings. The van der Waals surface area contributed by atoms with E-state index in [-0.39, 0.29) is 17.9 Å². The normalized spacial score (nSPS) is 18.5. The molecule has 0 spiro atoms. The van der Waals surface area contributed by atoms with Gasteiger partial charge in [-0.1, -0.05) is 37.1 Å². The Kier molecular flexibility index (Phi) is 7.46. The third kappa shape index (κ3) is 5.82. The summed E-state index contributed by atoms with van der Waals surface area (Å²) in [4.78, 5) is 32.3. The minimum atomic E-state index is -0.466. The summed E-state index contributed by atoms with van der Waals surface area (Å²) in [5, 5.41) is 3.16. The van der Waals surface area contributed by atoms with E-state index in [4.69, 9.17) is 0 Å². The summed E-state index contributed by atoms with van der Waals surface area (Å²) in [6.07, 6.45) is 11.3. The van der Waals surface area contributed by atoms with Gasteiger partial charge in [0.25, 0.3) is 0 Å². The zero-order valence-electron chi connectivity index (χ0n) is 20.1. The summed E-state index contributed by atoms with van der Waals surface area (Å²) in [5.41, 5.74) is 2.98. The lowest BCUT2D eigenvalue weighted by Gasteiger charge is -2.41. The monoisotopic (exact) mass is 447 g/mol. The molecule has 1 saturated heterocycles. The first-order chi connectivity index (χ1) is 15.9. The van der Waals surface area contributed by atoms with Crippen LogP contribution in [0, 0.1) is 11.3 Å². The van der Waals surface area contributed by atoms with Gasteiger partial charge in [0.1, 0.15) is 0 Å². The SMILES string of the molecule is CC(C)NC(=O)C1(Cc2ccc(-c3ccncc3)cc2)CCN(C(=O)CC2CCCC2)CC1. The van der Waals surface area contributed by atoms with Crippen LogP contribution in [0.2, 0.25) is 0 Å². The Bertz CT molecular complexity index is 925. The van der Waals surface area contributed by atoms with Gasteiger partial charge in [0.05, 0.1) is 5.41 Å². The van der Waals surface area contributed by atoms with E-state index < -0.39 is 5.41 Å². The molecule has 0 atom stereocenters. The molecule has 5 heteroatoms. The summed E-state index contributed by atoms with van der Waals surface area (Å²) < 4.78 is 0. The number of nitrogens with one attached hydrogen (secondary N) is 1. The number of pyridine rings is 1. The molecule has 0 bridgehead atoms. The van der Waals surface area contributed by atoms with Gasteiger partial charge in [0, 0.05) is 37.9 Å². The predicted octanol–water partition coefficient (Wildman–Crippen LogP) is 5.00. The second-order valence-corrected chi connectivity index (χ2v) is 10.3. The van der Waals surface area contributed by atoms with E-state index in [1.165, 1.54) is 25.7 Å². The van der Waals surface area contributed by atoms with Crippen molar-refractivity contribution in [3.63, 3.8) is 0 Å². The lowest BCUT2D eigenvalue weighted by Crippen LogP contribution is -2.52. The molecular formula is C28H37N3O2. The first-order valence-corrected chi connectivity index (χ1v) is 12.5. The lowest BCUT2D eigenvalue weighted by molar-refractivity contribution is -0.141. The van der Waals surface area contributed by atoms with Gasteiger partial charge in [0.2, 0.25) is 11.8 Å². The second kappa shape index (κ2) is 10.5. The van der Waals surface area contributed by atoms with Gasteiger partial charge in [-0.05, 0) is 80.7 Å². The summed E-state index contributed by atoms with van der Waals surface area (Å²) in [6.45, 7) is 5.36. The van der Waals surface area contributed by atoms with E-state index in [1.807, 2.05) is 30.9 Å². The number of nitrogens with zero attached hydrogens (tertiary/aromatic N) is 2. The van der Waals surface area contributed by atoms with Crippen molar-refractivity contribution >= 4 is 11.8 Å². The van der Waals surface area contributed by atoms with E-state index in [2.05, 4.69) is 34.6 Å². The van der Waals surface area contributed by atoms with Gasteiger partial charge < -0.3 is 10.2 Å². The molecule has 1 aliphatic carbocycles. The highest BCUT2D eigenvalue weighted by Crippen LogP contribution is 2.37. The molecule has 0 radical (unpaired) electrons. The van der Waals surface area contributed by atoms with Crippen LogP contribution in [0.15, 0.2) is 48.8 Å². The van der Waals surface area contributed by atoms with Crippen LogP contribution in [0.5, 0.6) is 0 Å². The number of likely N-dealkylation sites (tertiary alicyclic amines) is 1. The topological polar surface area (TPSA) is 62.3 Å².